The van der Waals surface area contributed by atoms with Crippen LogP contribution >= 0.6 is 0 Å². The summed E-state index contributed by atoms with van der Waals surface area (Å²) in [5, 5.41) is 15.8. The summed E-state index contributed by atoms with van der Waals surface area (Å²) in [4.78, 5) is 75.4. The average molecular weight is 672 g/mol. The number of nitrogens with one attached hydrogen (secondary N) is 2. The zero-order valence-electron chi connectivity index (χ0n) is 28.3. The third-order valence-corrected chi connectivity index (χ3v) is 10.0. The van der Waals surface area contributed by atoms with Crippen LogP contribution in [0.4, 0.5) is 4.79 Å². The topological polar surface area (TPSA) is 158 Å². The van der Waals surface area contributed by atoms with Crippen LogP contribution in [-0.2, 0) is 19.1 Å². The van der Waals surface area contributed by atoms with Crippen LogP contribution in [0.25, 0.3) is 11.3 Å². The maximum atomic E-state index is 14.3. The number of ether oxygens (including phenoxy) is 1. The summed E-state index contributed by atoms with van der Waals surface area (Å²) in [6.45, 7) is 5.94. The lowest BCUT2D eigenvalue weighted by Crippen LogP contribution is -2.58. The summed E-state index contributed by atoms with van der Waals surface area (Å²) in [5.74, 6) is -3.31. The van der Waals surface area contributed by atoms with E-state index in [-0.39, 0.29) is 37.3 Å². The van der Waals surface area contributed by atoms with Gasteiger partial charge in [0.25, 0.3) is 5.91 Å². The van der Waals surface area contributed by atoms with Crippen molar-refractivity contribution in [2.24, 2.45) is 17.8 Å². The molecule has 1 aromatic heterocycles. The van der Waals surface area contributed by atoms with E-state index in [1.54, 1.807) is 44.0 Å². The first-order chi connectivity index (χ1) is 23.4. The van der Waals surface area contributed by atoms with Crippen LogP contribution in [0.5, 0.6) is 0 Å². The van der Waals surface area contributed by atoms with Gasteiger partial charge in [0.05, 0.1) is 5.69 Å². The van der Waals surface area contributed by atoms with Crippen molar-refractivity contribution in [3.8, 4) is 11.3 Å². The Bertz CT molecular complexity index is 1640. The minimum Gasteiger partial charge on any atom is -0.479 e. The molecule has 4 heterocycles. The Morgan fingerprint density at radius 3 is 2.55 bits per heavy atom. The molecule has 49 heavy (non-hydrogen) atoms. The molecule has 1 aromatic carbocycles. The third-order valence-electron chi connectivity index (χ3n) is 10.0. The molecule has 260 valence electrons. The van der Waals surface area contributed by atoms with E-state index in [0.29, 0.717) is 30.6 Å². The van der Waals surface area contributed by atoms with E-state index < -0.39 is 53.0 Å². The molecule has 0 radical (unpaired) electrons. The van der Waals surface area contributed by atoms with Gasteiger partial charge in [-0.3, -0.25) is 19.4 Å². The van der Waals surface area contributed by atoms with Crippen molar-refractivity contribution in [3.05, 3.63) is 66.4 Å². The van der Waals surface area contributed by atoms with Crippen molar-refractivity contribution >= 4 is 29.8 Å². The molecule has 2 aromatic rings. The standard InChI is InChI=1S/C37H45N5O7/c1-36(2,3)49-35(48)39-28-15-11-6-4-5-10-14-26-19-37(26,34(46)47)40-31(43)30-27-22-41(20-25(27)21-42(30)33(28)45)32(44)24-16-17-38-29(18-24)23-12-8-7-9-13-23/h7-10,12-14,16-18,25-28,30H,4-6,11,15,19-22H2,1-3H3,(H,39,48)(H,40,43)(H,46,47)/b14-10-/t25-,26-,27-,28+,30-,37+/m0/s1. The molecule has 3 fully saturated rings. The van der Waals surface area contributed by atoms with Gasteiger partial charge in [-0.05, 0) is 58.6 Å². The molecule has 6 rings (SSSR count). The second-order valence-corrected chi connectivity index (χ2v) is 14.7. The number of pyridine rings is 1. The highest BCUT2D eigenvalue weighted by atomic mass is 16.6. The average Bonchev–Trinajstić information content (AvgIpc) is 3.41. The molecule has 0 bridgehead atoms. The van der Waals surface area contributed by atoms with Crippen molar-refractivity contribution in [2.75, 3.05) is 19.6 Å². The second-order valence-electron chi connectivity index (χ2n) is 14.7. The second kappa shape index (κ2) is 13.6. The molecule has 1 aliphatic carbocycles. The number of aliphatic carboxylic acids is 1. The number of hydrogen-bond donors (Lipinski definition) is 3. The predicted molar refractivity (Wildman–Crippen MR) is 180 cm³/mol. The first-order valence-electron chi connectivity index (χ1n) is 17.2. The fraction of sp³-hybridized carbons (Fsp3) is 0.514. The zero-order valence-corrected chi connectivity index (χ0v) is 28.3. The SMILES string of the molecule is CC(C)(C)OC(=O)N[C@@H]1CCCCC/C=C\[C@H]2C[C@@]2(C(=O)O)NC(=O)[C@@H]2[C@H]3CN(C(=O)c4ccnc(-c5ccccc5)c4)C[C@H]3CN2C1=O. The van der Waals surface area contributed by atoms with Crippen LogP contribution in [0.3, 0.4) is 0 Å². The minimum atomic E-state index is -1.45. The van der Waals surface area contributed by atoms with Crippen LogP contribution in [0, 0.1) is 17.8 Å². The van der Waals surface area contributed by atoms with E-state index in [1.807, 2.05) is 42.5 Å². The minimum absolute atomic E-state index is 0.187. The maximum Gasteiger partial charge on any atom is 0.408 e. The van der Waals surface area contributed by atoms with Crippen molar-refractivity contribution in [1.29, 1.82) is 0 Å². The molecule has 2 saturated heterocycles. The highest BCUT2D eigenvalue weighted by Crippen LogP contribution is 2.46. The van der Waals surface area contributed by atoms with Crippen molar-refractivity contribution in [1.82, 2.24) is 25.4 Å². The number of carboxylic acid groups (broad SMARTS) is 1. The first kappa shape index (κ1) is 34.1. The normalized spacial score (nSPS) is 29.3. The number of nitrogens with zero attached hydrogens (tertiary/aromatic N) is 3. The fourth-order valence-corrected chi connectivity index (χ4v) is 7.50. The van der Waals surface area contributed by atoms with Gasteiger partial charge in [0.2, 0.25) is 11.8 Å². The van der Waals surface area contributed by atoms with E-state index in [9.17, 15) is 29.1 Å². The molecular formula is C37H45N5O7. The smallest absolute Gasteiger partial charge is 0.408 e. The lowest BCUT2D eigenvalue weighted by atomic mass is 9.93. The monoisotopic (exact) mass is 671 g/mol. The van der Waals surface area contributed by atoms with E-state index in [4.69, 9.17) is 4.74 Å². The van der Waals surface area contributed by atoms with Gasteiger partial charge < -0.3 is 30.3 Å². The number of aromatic nitrogens is 1. The number of amides is 4. The van der Waals surface area contributed by atoms with E-state index in [2.05, 4.69) is 15.6 Å². The Morgan fingerprint density at radius 2 is 1.82 bits per heavy atom. The molecule has 4 aliphatic rings. The Hall–Kier alpha value is -4.74. The Balaban J connectivity index is 1.27. The van der Waals surface area contributed by atoms with E-state index in [0.717, 1.165) is 24.8 Å². The molecule has 12 heteroatoms. The summed E-state index contributed by atoms with van der Waals surface area (Å²) in [6, 6.07) is 11.0. The van der Waals surface area contributed by atoms with E-state index in [1.165, 1.54) is 4.90 Å². The molecule has 4 amide bonds. The molecule has 0 spiro atoms. The maximum absolute atomic E-state index is 14.3. The lowest BCUT2D eigenvalue weighted by molar-refractivity contribution is -0.146. The van der Waals surface area contributed by atoms with Crippen LogP contribution in [0.1, 0.15) is 69.7 Å². The number of hydrogen-bond acceptors (Lipinski definition) is 7. The van der Waals surface area contributed by atoms with Crippen molar-refractivity contribution < 1.29 is 33.8 Å². The number of carboxylic acids is 1. The largest absolute Gasteiger partial charge is 0.479 e. The van der Waals surface area contributed by atoms with Gasteiger partial charge in [0, 0.05) is 54.7 Å². The van der Waals surface area contributed by atoms with E-state index >= 15 is 0 Å². The van der Waals surface area contributed by atoms with Gasteiger partial charge >= 0.3 is 12.1 Å². The molecule has 12 nitrogen and oxygen atoms in total. The van der Waals surface area contributed by atoms with Gasteiger partial charge in [-0.25, -0.2) is 9.59 Å². The number of alkyl carbamates (subject to hydrolysis) is 1. The number of rotatable bonds is 4. The molecule has 3 aliphatic heterocycles. The Kier molecular flexibility index (Phi) is 9.50. The van der Waals surface area contributed by atoms with Crippen molar-refractivity contribution in [3.63, 3.8) is 0 Å². The zero-order chi connectivity index (χ0) is 34.9. The molecule has 3 N–H and O–H groups in total. The molecule has 0 unspecified atom stereocenters. The Morgan fingerprint density at radius 1 is 1.04 bits per heavy atom. The predicted octanol–water partition coefficient (Wildman–Crippen LogP) is 4.02. The number of allylic oxidation sites excluding steroid dienone is 1. The fourth-order valence-electron chi connectivity index (χ4n) is 7.50. The summed E-state index contributed by atoms with van der Waals surface area (Å²) < 4.78 is 5.48. The molecule has 1 saturated carbocycles. The molecular weight excluding hydrogens is 626 g/mol. The van der Waals surface area contributed by atoms with Gasteiger partial charge in [-0.2, -0.15) is 0 Å². The number of likely N-dealkylation sites (tertiary alicyclic amines) is 1. The van der Waals surface area contributed by atoms with Crippen molar-refractivity contribution in [2.45, 2.75) is 82.5 Å². The summed E-state index contributed by atoms with van der Waals surface area (Å²) in [5.41, 5.74) is -0.211. The van der Waals surface area contributed by atoms with Crippen LogP contribution in [0.2, 0.25) is 0 Å². The lowest BCUT2D eigenvalue weighted by Gasteiger charge is -2.33. The highest BCUT2D eigenvalue weighted by Gasteiger charge is 2.62. The third kappa shape index (κ3) is 7.33. The first-order valence-corrected chi connectivity index (χ1v) is 17.2. The number of carbonyl (C=O) groups excluding carboxylic acids is 4. The van der Waals surface area contributed by atoms with Gasteiger partial charge in [0.15, 0.2) is 0 Å². The summed E-state index contributed by atoms with van der Waals surface area (Å²) in [7, 11) is 0. The summed E-state index contributed by atoms with van der Waals surface area (Å²) in [6.07, 6.45) is 8.39. The number of fused-ring (bicyclic) bond motifs is 4. The van der Waals surface area contributed by atoms with Crippen LogP contribution in [-0.4, -0.2) is 92.5 Å². The van der Waals surface area contributed by atoms with Gasteiger partial charge in [-0.1, -0.05) is 55.3 Å². The number of carbonyl (C=O) groups is 5. The molecule has 6 atom stereocenters. The number of benzene rings is 1. The highest BCUT2D eigenvalue weighted by molar-refractivity contribution is 5.98. The summed E-state index contributed by atoms with van der Waals surface area (Å²) >= 11 is 0. The van der Waals surface area contributed by atoms with Crippen LogP contribution < -0.4 is 10.6 Å². The van der Waals surface area contributed by atoms with Crippen LogP contribution in [0.15, 0.2) is 60.8 Å². The van der Waals surface area contributed by atoms with Gasteiger partial charge in [-0.15, -0.1) is 0 Å². The quantitative estimate of drug-likeness (QED) is 0.412. The van der Waals surface area contributed by atoms with Gasteiger partial charge in [0.1, 0.15) is 23.2 Å². The Labute approximate surface area is 286 Å².